The van der Waals surface area contributed by atoms with E-state index in [4.69, 9.17) is 37.0 Å². The summed E-state index contributed by atoms with van der Waals surface area (Å²) >= 11 is 0. The number of carbonyl (C=O) groups is 4. The molecule has 19 heteroatoms. The number of aliphatic hydroxyl groups excluding tert-OH is 1. The molecule has 0 radical (unpaired) electrons. The number of rotatable bonds is 86. The number of ether oxygens (including phenoxy) is 4. The highest BCUT2D eigenvalue weighted by atomic mass is 31.2. The van der Waals surface area contributed by atoms with Gasteiger partial charge in [-0.1, -0.05) is 413 Å². The van der Waals surface area contributed by atoms with Gasteiger partial charge in [0.05, 0.1) is 26.4 Å². The minimum atomic E-state index is -4.96. The standard InChI is InChI=1S/C85H166O17P2/c1-5-9-13-17-21-25-29-32-34-36-38-40-42-44-46-48-52-56-60-64-68-72-85(90)102-81(76-96-83(88)70-66-62-58-54-51-47-45-43-41-39-37-35-33-30-26-22-18-14-10-6-2)78-100-104(93,94)98-74-79(86)73-97-103(91,92)99-77-80(75-95-82(87)69-65-61-57-53-49-28-24-20-16-12-8-4)101-84(89)71-67-63-59-55-50-31-27-23-19-15-11-7-3/h79-81,86H,5-78H2,1-4H3,(H,91,92)(H,93,94)/t79-,80+,81+/m0/s1. The van der Waals surface area contributed by atoms with Crippen LogP contribution in [-0.2, 0) is 65.4 Å². The normalized spacial score (nSPS) is 13.7. The van der Waals surface area contributed by atoms with Gasteiger partial charge < -0.3 is 33.8 Å². The lowest BCUT2D eigenvalue weighted by Crippen LogP contribution is -2.30. The summed E-state index contributed by atoms with van der Waals surface area (Å²) in [5, 5.41) is 10.7. The smallest absolute Gasteiger partial charge is 0.462 e. The summed E-state index contributed by atoms with van der Waals surface area (Å²) in [7, 11) is -9.92. The molecule has 0 aromatic carbocycles. The minimum absolute atomic E-state index is 0.108. The molecule has 0 aliphatic carbocycles. The SMILES string of the molecule is CCCCCCCCCCCCCCCCCCCCCCCC(=O)O[C@H](COC(=O)CCCCCCCCCCCCCCCCCCCCCC)COP(=O)(O)OC[C@@H](O)COP(=O)(O)OC[C@@H](COC(=O)CCCCCCCCCCCCC)OC(=O)CCCCCCCCCCCCCC. The van der Waals surface area contributed by atoms with Crippen molar-refractivity contribution in [3.05, 3.63) is 0 Å². The molecule has 3 N–H and O–H groups in total. The first-order valence-corrected chi connectivity index (χ1v) is 47.3. The van der Waals surface area contributed by atoms with Gasteiger partial charge in [-0.2, -0.15) is 0 Å². The Morgan fingerprint density at radius 1 is 0.231 bits per heavy atom. The van der Waals surface area contributed by atoms with Crippen molar-refractivity contribution >= 4 is 39.5 Å². The third-order valence-electron chi connectivity index (χ3n) is 20.1. The fraction of sp³-hybridized carbons (Fsp3) is 0.953. The maximum Gasteiger partial charge on any atom is 0.472 e. The van der Waals surface area contributed by atoms with Crippen molar-refractivity contribution in [2.45, 2.75) is 483 Å². The zero-order valence-corrected chi connectivity index (χ0v) is 69.8. The molecular weight excluding hydrogens is 1350 g/mol. The summed E-state index contributed by atoms with van der Waals surface area (Å²) in [6.07, 6.45) is 73.6. The number of hydrogen-bond donors (Lipinski definition) is 3. The molecule has 0 saturated carbocycles. The van der Waals surface area contributed by atoms with Crippen molar-refractivity contribution in [1.82, 2.24) is 0 Å². The number of hydrogen-bond acceptors (Lipinski definition) is 15. The lowest BCUT2D eigenvalue weighted by molar-refractivity contribution is -0.161. The first kappa shape index (κ1) is 102. The molecule has 0 heterocycles. The second-order valence-electron chi connectivity index (χ2n) is 30.6. The van der Waals surface area contributed by atoms with Crippen molar-refractivity contribution in [2.24, 2.45) is 0 Å². The Balaban J connectivity index is 5.20. The van der Waals surface area contributed by atoms with Crippen molar-refractivity contribution in [2.75, 3.05) is 39.6 Å². The molecule has 17 nitrogen and oxygen atoms in total. The fourth-order valence-electron chi connectivity index (χ4n) is 13.3. The summed E-state index contributed by atoms with van der Waals surface area (Å²) in [6, 6.07) is 0. The molecular formula is C85H166O17P2. The van der Waals surface area contributed by atoms with Crippen LogP contribution in [0.15, 0.2) is 0 Å². The Bertz CT molecular complexity index is 1960. The van der Waals surface area contributed by atoms with E-state index in [-0.39, 0.29) is 25.7 Å². The monoisotopic (exact) mass is 1520 g/mol. The molecule has 0 aliphatic heterocycles. The molecule has 0 aliphatic rings. The van der Waals surface area contributed by atoms with E-state index in [1.165, 1.54) is 295 Å². The number of carbonyl (C=O) groups excluding carboxylic acids is 4. The van der Waals surface area contributed by atoms with Crippen LogP contribution in [0.2, 0.25) is 0 Å². The van der Waals surface area contributed by atoms with Gasteiger partial charge >= 0.3 is 39.5 Å². The average Bonchev–Trinajstić information content (AvgIpc) is 0.911. The molecule has 0 amide bonds. The van der Waals surface area contributed by atoms with Gasteiger partial charge in [0, 0.05) is 25.7 Å². The highest BCUT2D eigenvalue weighted by Crippen LogP contribution is 2.45. The third kappa shape index (κ3) is 78.2. The van der Waals surface area contributed by atoms with Crippen LogP contribution in [-0.4, -0.2) is 96.7 Å². The Morgan fingerprint density at radius 2 is 0.385 bits per heavy atom. The van der Waals surface area contributed by atoms with Gasteiger partial charge in [0.15, 0.2) is 12.2 Å². The molecule has 104 heavy (non-hydrogen) atoms. The van der Waals surface area contributed by atoms with Gasteiger partial charge in [-0.25, -0.2) is 9.13 Å². The highest BCUT2D eigenvalue weighted by Gasteiger charge is 2.30. The Labute approximate surface area is 638 Å². The lowest BCUT2D eigenvalue weighted by Gasteiger charge is -2.21. The van der Waals surface area contributed by atoms with Crippen LogP contribution < -0.4 is 0 Å². The molecule has 0 fully saturated rings. The van der Waals surface area contributed by atoms with Crippen LogP contribution in [0.3, 0.4) is 0 Å². The quantitative estimate of drug-likeness (QED) is 0.0222. The molecule has 5 atom stereocenters. The number of aliphatic hydroxyl groups is 1. The zero-order chi connectivity index (χ0) is 76.0. The van der Waals surface area contributed by atoms with E-state index in [0.717, 1.165) is 89.9 Å². The third-order valence-corrected chi connectivity index (χ3v) is 22.0. The largest absolute Gasteiger partial charge is 0.472 e. The Morgan fingerprint density at radius 3 is 0.567 bits per heavy atom. The summed E-state index contributed by atoms with van der Waals surface area (Å²) < 4.78 is 68.8. The maximum atomic E-state index is 13.1. The number of phosphoric acid groups is 2. The summed E-state index contributed by atoms with van der Waals surface area (Å²) in [4.78, 5) is 73.1. The molecule has 0 aromatic heterocycles. The number of esters is 4. The number of unbranched alkanes of at least 4 members (excludes halogenated alkanes) is 60. The van der Waals surface area contributed by atoms with Crippen LogP contribution >= 0.6 is 15.6 Å². The minimum Gasteiger partial charge on any atom is -0.462 e. The summed E-state index contributed by atoms with van der Waals surface area (Å²) in [5.74, 6) is -2.10. The van der Waals surface area contributed by atoms with E-state index < -0.39 is 97.5 Å². The van der Waals surface area contributed by atoms with Gasteiger partial charge in [0.2, 0.25) is 0 Å². The average molecular weight is 1520 g/mol. The fourth-order valence-corrected chi connectivity index (χ4v) is 14.9. The predicted octanol–water partition coefficient (Wildman–Crippen LogP) is 26.1. The number of phosphoric ester groups is 2. The van der Waals surface area contributed by atoms with E-state index in [9.17, 15) is 43.2 Å². The Kier molecular flexibility index (Phi) is 77.7. The van der Waals surface area contributed by atoms with E-state index in [0.29, 0.717) is 25.7 Å². The predicted molar refractivity (Wildman–Crippen MR) is 428 cm³/mol. The lowest BCUT2D eigenvalue weighted by atomic mass is 10.0. The van der Waals surface area contributed by atoms with Crippen LogP contribution in [0.4, 0.5) is 0 Å². The van der Waals surface area contributed by atoms with Gasteiger partial charge in [-0.15, -0.1) is 0 Å². The topological polar surface area (TPSA) is 237 Å². The molecule has 0 spiro atoms. The first-order chi connectivity index (χ1) is 50.7. The molecule has 0 aromatic rings. The van der Waals surface area contributed by atoms with Crippen LogP contribution in [0.5, 0.6) is 0 Å². The summed E-state index contributed by atoms with van der Waals surface area (Å²) in [5.41, 5.74) is 0. The van der Waals surface area contributed by atoms with Gasteiger partial charge in [0.25, 0.3) is 0 Å². The van der Waals surface area contributed by atoms with Crippen LogP contribution in [0.1, 0.15) is 464 Å². The molecule has 0 rings (SSSR count). The van der Waals surface area contributed by atoms with Crippen molar-refractivity contribution in [3.63, 3.8) is 0 Å². The first-order valence-electron chi connectivity index (χ1n) is 44.3. The second kappa shape index (κ2) is 79.2. The van der Waals surface area contributed by atoms with Crippen LogP contribution in [0, 0.1) is 0 Å². The zero-order valence-electron chi connectivity index (χ0n) is 68.0. The Hall–Kier alpha value is -1.94. The highest BCUT2D eigenvalue weighted by molar-refractivity contribution is 7.47. The maximum absolute atomic E-state index is 13.1. The van der Waals surface area contributed by atoms with Crippen LogP contribution in [0.25, 0.3) is 0 Å². The van der Waals surface area contributed by atoms with Crippen molar-refractivity contribution in [1.29, 1.82) is 0 Å². The van der Waals surface area contributed by atoms with Crippen molar-refractivity contribution in [3.8, 4) is 0 Å². The molecule has 618 valence electrons. The van der Waals surface area contributed by atoms with E-state index >= 15 is 0 Å². The molecule has 2 unspecified atom stereocenters. The van der Waals surface area contributed by atoms with E-state index in [1.54, 1.807) is 0 Å². The second-order valence-corrected chi connectivity index (χ2v) is 33.5. The van der Waals surface area contributed by atoms with Gasteiger partial charge in [0.1, 0.15) is 19.3 Å². The van der Waals surface area contributed by atoms with Crippen molar-refractivity contribution < 1.29 is 80.2 Å². The van der Waals surface area contributed by atoms with E-state index in [1.807, 2.05) is 0 Å². The summed E-state index contributed by atoms with van der Waals surface area (Å²) in [6.45, 7) is 5.04. The van der Waals surface area contributed by atoms with Gasteiger partial charge in [-0.3, -0.25) is 37.3 Å². The van der Waals surface area contributed by atoms with E-state index in [2.05, 4.69) is 27.7 Å². The van der Waals surface area contributed by atoms with Gasteiger partial charge in [-0.05, 0) is 25.7 Å². The molecule has 0 saturated heterocycles. The molecule has 0 bridgehead atoms.